The summed E-state index contributed by atoms with van der Waals surface area (Å²) in [6, 6.07) is 2.29. The van der Waals surface area contributed by atoms with E-state index >= 15 is 0 Å². The van der Waals surface area contributed by atoms with E-state index in [2.05, 4.69) is 16.3 Å². The monoisotopic (exact) mass is 263 g/mol. The molecule has 0 amide bonds. The molecule has 2 aliphatic rings. The summed E-state index contributed by atoms with van der Waals surface area (Å²) in [4.78, 5) is 10.2. The molecule has 2 saturated carbocycles. The minimum absolute atomic E-state index is 0.160. The average Bonchev–Trinajstić information content (AvgIpc) is 2.98. The summed E-state index contributed by atoms with van der Waals surface area (Å²) < 4.78 is 0. The number of carbonyl (C=O) groups excluding carboxylic acids is 1. The van der Waals surface area contributed by atoms with Crippen LogP contribution in [0.5, 0.6) is 0 Å². The predicted octanol–water partition coefficient (Wildman–Crippen LogP) is 4.20. The van der Waals surface area contributed by atoms with Crippen LogP contribution in [0.2, 0.25) is 0 Å². The maximum atomic E-state index is 10.2. The lowest BCUT2D eigenvalue weighted by Gasteiger charge is -2.16. The van der Waals surface area contributed by atoms with Crippen molar-refractivity contribution < 1.29 is 4.79 Å². The van der Waals surface area contributed by atoms with Crippen molar-refractivity contribution in [3.05, 3.63) is 0 Å². The SMILES string of the molecule is CC(C)(C)/N=N/C1(C#N)CCCC1.O=C1CCCC1. The summed E-state index contributed by atoms with van der Waals surface area (Å²) in [6.07, 6.45) is 7.94. The van der Waals surface area contributed by atoms with Gasteiger partial charge in [-0.15, -0.1) is 0 Å². The van der Waals surface area contributed by atoms with E-state index in [0.29, 0.717) is 5.78 Å². The van der Waals surface area contributed by atoms with Crippen molar-refractivity contribution in [2.24, 2.45) is 10.2 Å². The van der Waals surface area contributed by atoms with Crippen molar-refractivity contribution in [3.63, 3.8) is 0 Å². The minimum Gasteiger partial charge on any atom is -0.300 e. The quantitative estimate of drug-likeness (QED) is 0.665. The van der Waals surface area contributed by atoms with Crippen LogP contribution in [0.15, 0.2) is 10.2 Å². The largest absolute Gasteiger partial charge is 0.300 e. The van der Waals surface area contributed by atoms with Crippen molar-refractivity contribution >= 4 is 5.78 Å². The number of hydrogen-bond acceptors (Lipinski definition) is 4. The Kier molecular flexibility index (Phi) is 5.65. The van der Waals surface area contributed by atoms with E-state index in [-0.39, 0.29) is 5.54 Å². The van der Waals surface area contributed by atoms with Crippen molar-refractivity contribution in [1.29, 1.82) is 5.26 Å². The fourth-order valence-electron chi connectivity index (χ4n) is 2.21. The molecule has 0 aliphatic heterocycles. The van der Waals surface area contributed by atoms with Crippen LogP contribution in [-0.4, -0.2) is 16.9 Å². The molecule has 19 heavy (non-hydrogen) atoms. The van der Waals surface area contributed by atoms with E-state index < -0.39 is 5.54 Å². The highest BCUT2D eigenvalue weighted by Gasteiger charge is 2.34. The Bertz CT molecular complexity index is 360. The summed E-state index contributed by atoms with van der Waals surface area (Å²) in [5.41, 5.74) is -0.653. The van der Waals surface area contributed by atoms with Gasteiger partial charge in [-0.3, -0.25) is 4.79 Å². The molecule has 0 spiro atoms. The first-order chi connectivity index (χ1) is 8.87. The van der Waals surface area contributed by atoms with Crippen LogP contribution in [0.25, 0.3) is 0 Å². The van der Waals surface area contributed by atoms with Crippen LogP contribution in [-0.2, 0) is 4.79 Å². The summed E-state index contributed by atoms with van der Waals surface area (Å²) >= 11 is 0. The number of Topliss-reactive ketones (excluding diaryl/α,β-unsaturated/α-hetero) is 1. The summed E-state index contributed by atoms with van der Waals surface area (Å²) in [7, 11) is 0. The molecule has 0 aromatic heterocycles. The van der Waals surface area contributed by atoms with Crippen LogP contribution in [0.4, 0.5) is 0 Å². The van der Waals surface area contributed by atoms with Crippen molar-refractivity contribution in [2.75, 3.05) is 0 Å². The van der Waals surface area contributed by atoms with E-state index in [1.165, 1.54) is 0 Å². The van der Waals surface area contributed by atoms with Gasteiger partial charge in [0.15, 0.2) is 5.54 Å². The van der Waals surface area contributed by atoms with Gasteiger partial charge in [0.2, 0.25) is 0 Å². The molecule has 0 aromatic carbocycles. The van der Waals surface area contributed by atoms with Gasteiger partial charge in [0, 0.05) is 12.8 Å². The zero-order valence-electron chi connectivity index (χ0n) is 12.4. The molecule has 0 bridgehead atoms. The molecule has 2 aliphatic carbocycles. The molecule has 0 heterocycles. The molecular weight excluding hydrogens is 238 g/mol. The van der Waals surface area contributed by atoms with Crippen molar-refractivity contribution in [1.82, 2.24) is 0 Å². The second-order valence-corrected chi connectivity index (χ2v) is 6.47. The first-order valence-corrected chi connectivity index (χ1v) is 7.24. The van der Waals surface area contributed by atoms with Gasteiger partial charge in [0.05, 0.1) is 11.6 Å². The van der Waals surface area contributed by atoms with E-state index in [9.17, 15) is 4.79 Å². The molecule has 0 saturated heterocycles. The highest BCUT2D eigenvalue weighted by Crippen LogP contribution is 2.33. The standard InChI is InChI=1S/C10H17N3.C5H8O/c1-9(2,3)12-13-10(8-11)6-4-5-7-10;6-5-3-1-2-4-5/h4-7H2,1-3H3;1-4H2/b13-12+;. The number of rotatable bonds is 1. The van der Waals surface area contributed by atoms with Crippen LogP contribution in [0.1, 0.15) is 72.1 Å². The molecule has 0 aromatic rings. The fourth-order valence-corrected chi connectivity index (χ4v) is 2.21. The number of nitrogens with zero attached hydrogens (tertiary/aromatic N) is 3. The number of hydrogen-bond donors (Lipinski definition) is 0. The normalized spacial score (nSPS) is 22.1. The Labute approximate surface area is 116 Å². The molecule has 4 heteroatoms. The number of ketones is 1. The maximum Gasteiger partial charge on any atom is 0.167 e. The zero-order valence-corrected chi connectivity index (χ0v) is 12.4. The number of carbonyl (C=O) groups is 1. The Morgan fingerprint density at radius 2 is 1.63 bits per heavy atom. The van der Waals surface area contributed by atoms with Gasteiger partial charge in [-0.1, -0.05) is 0 Å². The molecule has 2 fully saturated rings. The molecule has 0 atom stereocenters. The molecule has 0 N–H and O–H groups in total. The third kappa shape index (κ3) is 5.96. The van der Waals surface area contributed by atoms with Gasteiger partial charge < -0.3 is 0 Å². The lowest BCUT2D eigenvalue weighted by atomic mass is 10.0. The Morgan fingerprint density at radius 1 is 1.11 bits per heavy atom. The second-order valence-electron chi connectivity index (χ2n) is 6.47. The Hall–Kier alpha value is -1.24. The lowest BCUT2D eigenvalue weighted by Crippen LogP contribution is -2.20. The Morgan fingerprint density at radius 3 is 1.95 bits per heavy atom. The second kappa shape index (κ2) is 6.79. The van der Waals surface area contributed by atoms with E-state index in [4.69, 9.17) is 5.26 Å². The topological polar surface area (TPSA) is 65.6 Å². The molecule has 0 unspecified atom stereocenters. The minimum atomic E-state index is -0.493. The highest BCUT2D eigenvalue weighted by molar-refractivity contribution is 5.80. The van der Waals surface area contributed by atoms with Crippen LogP contribution in [0.3, 0.4) is 0 Å². The fraction of sp³-hybridized carbons (Fsp3) is 0.867. The number of azo groups is 1. The summed E-state index contributed by atoms with van der Waals surface area (Å²) in [6.45, 7) is 5.99. The van der Waals surface area contributed by atoms with Gasteiger partial charge in [0.25, 0.3) is 0 Å². The molecule has 0 radical (unpaired) electrons. The molecule has 2 rings (SSSR count). The third-order valence-corrected chi connectivity index (χ3v) is 3.34. The van der Waals surface area contributed by atoms with Crippen LogP contribution >= 0.6 is 0 Å². The summed E-state index contributed by atoms with van der Waals surface area (Å²) in [5.74, 6) is 0.454. The highest BCUT2D eigenvalue weighted by atomic mass is 16.1. The van der Waals surface area contributed by atoms with Gasteiger partial charge >= 0.3 is 0 Å². The average molecular weight is 263 g/mol. The van der Waals surface area contributed by atoms with Crippen LogP contribution in [0, 0.1) is 11.3 Å². The molecule has 4 nitrogen and oxygen atoms in total. The summed E-state index contributed by atoms with van der Waals surface area (Å²) in [5, 5.41) is 17.4. The van der Waals surface area contributed by atoms with Gasteiger partial charge in [-0.25, -0.2) is 0 Å². The predicted molar refractivity (Wildman–Crippen MR) is 74.9 cm³/mol. The number of nitriles is 1. The van der Waals surface area contributed by atoms with Crippen LogP contribution < -0.4 is 0 Å². The van der Waals surface area contributed by atoms with Gasteiger partial charge in [0.1, 0.15) is 5.78 Å². The first kappa shape index (κ1) is 15.8. The van der Waals surface area contributed by atoms with E-state index in [1.807, 2.05) is 20.8 Å². The van der Waals surface area contributed by atoms with E-state index in [0.717, 1.165) is 51.4 Å². The third-order valence-electron chi connectivity index (χ3n) is 3.34. The smallest absolute Gasteiger partial charge is 0.167 e. The maximum absolute atomic E-state index is 10.2. The first-order valence-electron chi connectivity index (χ1n) is 7.24. The lowest BCUT2D eigenvalue weighted by molar-refractivity contribution is -0.117. The molecular formula is C15H25N3O. The molecule has 106 valence electrons. The van der Waals surface area contributed by atoms with Gasteiger partial charge in [-0.05, 0) is 59.3 Å². The Balaban J connectivity index is 0.000000250. The zero-order chi connectivity index (χ0) is 14.4. The van der Waals surface area contributed by atoms with Crippen molar-refractivity contribution in [2.45, 2.75) is 83.2 Å². The van der Waals surface area contributed by atoms with E-state index in [1.54, 1.807) is 0 Å². The van der Waals surface area contributed by atoms with Gasteiger partial charge in [-0.2, -0.15) is 15.5 Å². The van der Waals surface area contributed by atoms with Crippen molar-refractivity contribution in [3.8, 4) is 6.07 Å².